The molecule has 0 radical (unpaired) electrons. The van der Waals surface area contributed by atoms with E-state index in [1.54, 1.807) is 16.2 Å². The van der Waals surface area contributed by atoms with Gasteiger partial charge in [-0.1, -0.05) is 30.3 Å². The van der Waals surface area contributed by atoms with Crippen molar-refractivity contribution in [3.63, 3.8) is 0 Å². The van der Waals surface area contributed by atoms with E-state index in [-0.39, 0.29) is 5.91 Å². The summed E-state index contributed by atoms with van der Waals surface area (Å²) in [5, 5.41) is 0.888. The summed E-state index contributed by atoms with van der Waals surface area (Å²) in [6, 6.07) is 14.0. The molecule has 0 spiro atoms. The lowest BCUT2D eigenvalue weighted by Gasteiger charge is -2.15. The number of thiazole rings is 1. The number of aromatic nitrogens is 1. The summed E-state index contributed by atoms with van der Waals surface area (Å²) in [5.41, 5.74) is 1.84. The van der Waals surface area contributed by atoms with E-state index in [0.29, 0.717) is 11.4 Å². The first-order valence-electron chi connectivity index (χ1n) is 7.07. The van der Waals surface area contributed by atoms with Gasteiger partial charge in [0, 0.05) is 17.5 Å². The van der Waals surface area contributed by atoms with Crippen LogP contribution in [0, 0.1) is 6.92 Å². The van der Waals surface area contributed by atoms with E-state index < -0.39 is 0 Å². The van der Waals surface area contributed by atoms with Crippen molar-refractivity contribution in [3.05, 3.63) is 61.7 Å². The van der Waals surface area contributed by atoms with Crippen LogP contribution in [-0.2, 0) is 6.54 Å². The number of hydrogen-bond donors (Lipinski definition) is 0. The molecule has 0 bridgehead atoms. The highest BCUT2D eigenvalue weighted by atomic mass is 79.9. The Morgan fingerprint density at radius 3 is 2.57 bits per heavy atom. The molecule has 0 aliphatic carbocycles. The summed E-state index contributed by atoms with van der Waals surface area (Å²) in [6.45, 7) is 2.50. The quantitative estimate of drug-likeness (QED) is 0.595. The molecule has 2 aromatic heterocycles. The normalized spacial score (nSPS) is 10.7. The van der Waals surface area contributed by atoms with Crippen molar-refractivity contribution in [1.82, 2.24) is 9.88 Å². The standard InChI is InChI=1S/C17H15BrN2OS2/c1-11-15(23-16(19-11)12-6-4-3-5-7-12)17(21)20(2)10-13-8-9-14(18)22-13/h3-9H,10H2,1-2H3. The summed E-state index contributed by atoms with van der Waals surface area (Å²) in [7, 11) is 1.83. The number of rotatable bonds is 4. The molecule has 0 N–H and O–H groups in total. The van der Waals surface area contributed by atoms with Gasteiger partial charge in [0.15, 0.2) is 0 Å². The maximum absolute atomic E-state index is 12.7. The van der Waals surface area contributed by atoms with Gasteiger partial charge >= 0.3 is 0 Å². The van der Waals surface area contributed by atoms with Gasteiger partial charge in [-0.25, -0.2) is 4.98 Å². The molecule has 3 nitrogen and oxygen atoms in total. The Bertz CT molecular complexity index is 826. The number of hydrogen-bond acceptors (Lipinski definition) is 4. The van der Waals surface area contributed by atoms with Crippen molar-refractivity contribution in [3.8, 4) is 10.6 Å². The van der Waals surface area contributed by atoms with Crippen LogP contribution in [0.5, 0.6) is 0 Å². The lowest BCUT2D eigenvalue weighted by atomic mass is 10.2. The number of benzene rings is 1. The number of halogens is 1. The predicted molar refractivity (Wildman–Crippen MR) is 100 cm³/mol. The van der Waals surface area contributed by atoms with Crippen molar-refractivity contribution in [2.45, 2.75) is 13.5 Å². The van der Waals surface area contributed by atoms with Crippen molar-refractivity contribution in [2.75, 3.05) is 7.05 Å². The van der Waals surface area contributed by atoms with Crippen LogP contribution in [0.2, 0.25) is 0 Å². The van der Waals surface area contributed by atoms with E-state index in [4.69, 9.17) is 0 Å². The number of aryl methyl sites for hydroxylation is 1. The van der Waals surface area contributed by atoms with E-state index in [0.717, 1.165) is 24.9 Å². The summed E-state index contributed by atoms with van der Waals surface area (Å²) >= 11 is 6.55. The molecule has 0 aliphatic heterocycles. The molecular formula is C17H15BrN2OS2. The van der Waals surface area contributed by atoms with E-state index in [2.05, 4.69) is 20.9 Å². The fraction of sp³-hybridized carbons (Fsp3) is 0.176. The lowest BCUT2D eigenvalue weighted by molar-refractivity contribution is 0.0790. The maximum atomic E-state index is 12.7. The minimum Gasteiger partial charge on any atom is -0.336 e. The van der Waals surface area contributed by atoms with Crippen LogP contribution < -0.4 is 0 Å². The first-order chi connectivity index (χ1) is 11.0. The number of thiophene rings is 1. The van der Waals surface area contributed by atoms with Crippen LogP contribution in [0.3, 0.4) is 0 Å². The predicted octanol–water partition coefficient (Wildman–Crippen LogP) is 5.21. The molecule has 2 heterocycles. The highest BCUT2D eigenvalue weighted by Crippen LogP contribution is 2.29. The molecule has 0 fully saturated rings. The topological polar surface area (TPSA) is 33.2 Å². The monoisotopic (exact) mass is 406 g/mol. The molecule has 118 valence electrons. The summed E-state index contributed by atoms with van der Waals surface area (Å²) in [6.07, 6.45) is 0. The molecule has 23 heavy (non-hydrogen) atoms. The van der Waals surface area contributed by atoms with Crippen molar-refractivity contribution in [2.24, 2.45) is 0 Å². The van der Waals surface area contributed by atoms with E-state index in [1.165, 1.54) is 11.3 Å². The molecule has 3 aromatic rings. The second-order valence-corrected chi connectivity index (χ2v) is 8.71. The van der Waals surface area contributed by atoms with Crippen LogP contribution >= 0.6 is 38.6 Å². The third kappa shape index (κ3) is 3.71. The average Bonchev–Trinajstić information content (AvgIpc) is 3.13. The average molecular weight is 407 g/mol. The smallest absolute Gasteiger partial charge is 0.265 e. The SMILES string of the molecule is Cc1nc(-c2ccccc2)sc1C(=O)N(C)Cc1ccc(Br)s1. The van der Waals surface area contributed by atoms with Crippen LogP contribution in [0.4, 0.5) is 0 Å². The van der Waals surface area contributed by atoms with E-state index >= 15 is 0 Å². The largest absolute Gasteiger partial charge is 0.336 e. The lowest BCUT2D eigenvalue weighted by Crippen LogP contribution is -2.25. The highest BCUT2D eigenvalue weighted by Gasteiger charge is 2.20. The molecule has 0 saturated heterocycles. The molecular weight excluding hydrogens is 392 g/mol. The van der Waals surface area contributed by atoms with Gasteiger partial charge in [-0.15, -0.1) is 22.7 Å². The second-order valence-electron chi connectivity index (χ2n) is 5.17. The van der Waals surface area contributed by atoms with Crippen LogP contribution in [0.1, 0.15) is 20.2 Å². The van der Waals surface area contributed by atoms with Gasteiger partial charge in [0.2, 0.25) is 0 Å². The molecule has 0 atom stereocenters. The van der Waals surface area contributed by atoms with Crippen molar-refractivity contribution >= 4 is 44.5 Å². The molecule has 1 amide bonds. The Labute approximate surface area is 151 Å². The Balaban J connectivity index is 1.81. The van der Waals surface area contributed by atoms with Crippen LogP contribution in [-0.4, -0.2) is 22.8 Å². The molecule has 0 unspecified atom stereocenters. The summed E-state index contributed by atoms with van der Waals surface area (Å²) in [4.78, 5) is 20.9. The van der Waals surface area contributed by atoms with E-state index in [1.807, 2.05) is 56.4 Å². The fourth-order valence-electron chi connectivity index (χ4n) is 2.21. The Morgan fingerprint density at radius 1 is 1.17 bits per heavy atom. The van der Waals surface area contributed by atoms with Crippen LogP contribution in [0.25, 0.3) is 10.6 Å². The number of amides is 1. The van der Waals surface area contributed by atoms with Gasteiger partial charge in [-0.2, -0.15) is 0 Å². The zero-order valence-electron chi connectivity index (χ0n) is 12.7. The van der Waals surface area contributed by atoms with Gasteiger partial charge in [0.1, 0.15) is 9.88 Å². The highest BCUT2D eigenvalue weighted by molar-refractivity contribution is 9.11. The first kappa shape index (κ1) is 16.4. The van der Waals surface area contributed by atoms with Crippen molar-refractivity contribution in [1.29, 1.82) is 0 Å². The van der Waals surface area contributed by atoms with Gasteiger partial charge in [-0.05, 0) is 35.0 Å². The van der Waals surface area contributed by atoms with Crippen LogP contribution in [0.15, 0.2) is 46.3 Å². The maximum Gasteiger partial charge on any atom is 0.265 e. The van der Waals surface area contributed by atoms with Crippen molar-refractivity contribution < 1.29 is 4.79 Å². The Morgan fingerprint density at radius 2 is 1.91 bits per heavy atom. The fourth-order valence-corrected chi connectivity index (χ4v) is 4.82. The zero-order valence-corrected chi connectivity index (χ0v) is 16.0. The summed E-state index contributed by atoms with van der Waals surface area (Å²) < 4.78 is 1.08. The first-order valence-corrected chi connectivity index (χ1v) is 9.49. The number of carbonyl (C=O) groups is 1. The van der Waals surface area contributed by atoms with Gasteiger partial charge < -0.3 is 4.90 Å². The number of carbonyl (C=O) groups excluding carboxylic acids is 1. The molecule has 0 saturated carbocycles. The van der Waals surface area contributed by atoms with E-state index in [9.17, 15) is 4.79 Å². The minimum absolute atomic E-state index is 0.0201. The Hall–Kier alpha value is -1.50. The Kier molecular flexibility index (Phi) is 4.94. The number of nitrogens with zero attached hydrogens (tertiary/aromatic N) is 2. The summed E-state index contributed by atoms with van der Waals surface area (Å²) in [5.74, 6) is 0.0201. The van der Waals surface area contributed by atoms with Gasteiger partial charge in [-0.3, -0.25) is 4.79 Å². The third-order valence-electron chi connectivity index (χ3n) is 3.38. The molecule has 1 aromatic carbocycles. The van der Waals surface area contributed by atoms with Gasteiger partial charge in [0.05, 0.1) is 16.0 Å². The third-order valence-corrected chi connectivity index (χ3v) is 6.18. The minimum atomic E-state index is 0.0201. The zero-order chi connectivity index (χ0) is 16.4. The molecule has 0 aliphatic rings. The molecule has 6 heteroatoms. The molecule has 3 rings (SSSR count). The van der Waals surface area contributed by atoms with Gasteiger partial charge in [0.25, 0.3) is 5.91 Å². The second kappa shape index (κ2) is 6.95.